The van der Waals surface area contributed by atoms with Crippen LogP contribution >= 0.6 is 35.6 Å². The molecule has 0 amide bonds. The van der Waals surface area contributed by atoms with Crippen LogP contribution in [0.25, 0.3) is 11.2 Å². The Morgan fingerprint density at radius 2 is 2.19 bits per heavy atom. The van der Waals surface area contributed by atoms with Gasteiger partial charge in [0.2, 0.25) is 4.38 Å². The molecule has 138 valence electrons. The van der Waals surface area contributed by atoms with Crippen LogP contribution in [0.5, 0.6) is 0 Å². The summed E-state index contributed by atoms with van der Waals surface area (Å²) in [5, 5.41) is 0.324. The molecule has 7 nitrogen and oxygen atoms in total. The molecule has 0 radical (unpaired) electrons. The zero-order valence-electron chi connectivity index (χ0n) is 14.4. The third-order valence-corrected chi connectivity index (χ3v) is 5.72. The monoisotopic (exact) mass is 412 g/mol. The van der Waals surface area contributed by atoms with E-state index < -0.39 is 5.79 Å². The van der Waals surface area contributed by atoms with Gasteiger partial charge in [0, 0.05) is 0 Å². The largest absolute Gasteiger partial charge is 0.474 e. The lowest BCUT2D eigenvalue weighted by molar-refractivity contribution is -0.148. The fourth-order valence-electron chi connectivity index (χ4n) is 3.35. The van der Waals surface area contributed by atoms with Gasteiger partial charge in [-0.2, -0.15) is 0 Å². The summed E-state index contributed by atoms with van der Waals surface area (Å²) in [7, 11) is 0. The molecule has 26 heavy (non-hydrogen) atoms. The zero-order valence-corrected chi connectivity index (χ0v) is 16.8. The van der Waals surface area contributed by atoms with E-state index in [1.807, 2.05) is 24.7 Å². The quantitative estimate of drug-likeness (QED) is 0.432. The number of imidazole rings is 1. The predicted octanol–water partition coefficient (Wildman–Crippen LogP) is 3.15. The van der Waals surface area contributed by atoms with Gasteiger partial charge in [-0.3, -0.25) is 0 Å². The van der Waals surface area contributed by atoms with Gasteiger partial charge in [0.15, 0.2) is 16.6 Å². The third kappa shape index (κ3) is 3.11. The molecule has 0 aromatic carbocycles. The van der Waals surface area contributed by atoms with Crippen LogP contribution < -0.4 is 0 Å². The van der Waals surface area contributed by atoms with E-state index in [1.165, 1.54) is 18.1 Å². The van der Waals surface area contributed by atoms with Gasteiger partial charge >= 0.3 is 0 Å². The third-order valence-electron chi connectivity index (χ3n) is 4.37. The number of rotatable bonds is 3. The molecule has 0 N–H and O–H groups in total. The molecule has 3 heterocycles. The van der Waals surface area contributed by atoms with Crippen molar-refractivity contribution in [2.45, 2.75) is 37.9 Å². The number of hydrogen-bond acceptors (Lipinski definition) is 8. The van der Waals surface area contributed by atoms with Crippen LogP contribution in [-0.2, 0) is 14.2 Å². The van der Waals surface area contributed by atoms with Crippen LogP contribution in [0.4, 0.5) is 0 Å². The summed E-state index contributed by atoms with van der Waals surface area (Å²) in [6, 6.07) is -0.140. The standard InChI is InChI=1S/C16H17ClN4O3S2/c1-16(2)23-11-8(5-22-15(25)26-3)4-9(12(11)24-16)21-7-20-10-13(17)18-6-19-14(10)21/h4,6-7,9,11-12H,5H2,1-3H3/t9-,11-,12+/m1/s1. The van der Waals surface area contributed by atoms with Crippen molar-refractivity contribution in [3.8, 4) is 0 Å². The van der Waals surface area contributed by atoms with E-state index in [0.29, 0.717) is 27.3 Å². The van der Waals surface area contributed by atoms with Crippen molar-refractivity contribution in [3.05, 3.63) is 29.5 Å². The summed E-state index contributed by atoms with van der Waals surface area (Å²) >= 11 is 12.7. The van der Waals surface area contributed by atoms with Gasteiger partial charge in [-0.25, -0.2) is 15.0 Å². The van der Waals surface area contributed by atoms with E-state index in [4.69, 9.17) is 38.0 Å². The fraction of sp³-hybridized carbons (Fsp3) is 0.500. The minimum atomic E-state index is -0.684. The summed E-state index contributed by atoms with van der Waals surface area (Å²) < 4.78 is 20.3. The molecular weight excluding hydrogens is 396 g/mol. The zero-order chi connectivity index (χ0) is 18.5. The summed E-state index contributed by atoms with van der Waals surface area (Å²) in [4.78, 5) is 12.7. The second-order valence-electron chi connectivity index (χ2n) is 6.48. The average molecular weight is 413 g/mol. The number of fused-ring (bicyclic) bond motifs is 2. The number of aromatic nitrogens is 4. The van der Waals surface area contributed by atoms with Gasteiger partial charge in [0.25, 0.3) is 0 Å². The van der Waals surface area contributed by atoms with E-state index in [2.05, 4.69) is 21.0 Å². The molecule has 2 aromatic heterocycles. The highest BCUT2D eigenvalue weighted by Gasteiger charge is 2.51. The van der Waals surface area contributed by atoms with Gasteiger partial charge in [-0.15, -0.1) is 0 Å². The van der Waals surface area contributed by atoms with Crippen molar-refractivity contribution in [2.24, 2.45) is 0 Å². The topological polar surface area (TPSA) is 71.3 Å². The lowest BCUT2D eigenvalue weighted by atomic mass is 10.1. The van der Waals surface area contributed by atoms with Gasteiger partial charge in [0.05, 0.1) is 12.4 Å². The molecule has 0 bridgehead atoms. The van der Waals surface area contributed by atoms with Gasteiger partial charge in [-0.05, 0) is 37.9 Å². The van der Waals surface area contributed by atoms with Gasteiger partial charge in [-0.1, -0.05) is 29.4 Å². The van der Waals surface area contributed by atoms with Crippen LogP contribution in [0.15, 0.2) is 24.3 Å². The van der Waals surface area contributed by atoms with E-state index in [1.54, 1.807) is 6.33 Å². The second kappa shape index (κ2) is 6.72. The molecule has 0 saturated carbocycles. The Labute approximate surface area is 165 Å². The second-order valence-corrected chi connectivity index (χ2v) is 8.25. The molecule has 0 unspecified atom stereocenters. The molecule has 1 saturated heterocycles. The first kappa shape index (κ1) is 18.1. The first-order chi connectivity index (χ1) is 12.4. The van der Waals surface area contributed by atoms with Crippen molar-refractivity contribution in [3.63, 3.8) is 0 Å². The normalized spacial score (nSPS) is 26.8. The van der Waals surface area contributed by atoms with Crippen LogP contribution in [0.1, 0.15) is 19.9 Å². The smallest absolute Gasteiger partial charge is 0.220 e. The highest BCUT2D eigenvalue weighted by Crippen LogP contribution is 2.44. The van der Waals surface area contributed by atoms with Crippen LogP contribution in [0.2, 0.25) is 5.15 Å². The Balaban J connectivity index is 1.70. The SMILES string of the molecule is CSC(=S)OCC1=C[C@@H](n2cnc3c(Cl)ncnc32)[C@@H]2OC(C)(C)O[C@H]12. The summed E-state index contributed by atoms with van der Waals surface area (Å²) in [6.07, 6.45) is 6.66. The average Bonchev–Trinajstić information content (AvgIpc) is 3.24. The lowest BCUT2D eigenvalue weighted by Gasteiger charge is -2.21. The van der Waals surface area contributed by atoms with Crippen LogP contribution in [0, 0.1) is 0 Å². The molecule has 3 atom stereocenters. The molecule has 1 aliphatic heterocycles. The predicted molar refractivity (Wildman–Crippen MR) is 103 cm³/mol. The van der Waals surface area contributed by atoms with Crippen molar-refractivity contribution < 1.29 is 14.2 Å². The molecule has 2 aliphatic rings. The molecule has 2 aromatic rings. The summed E-state index contributed by atoms with van der Waals surface area (Å²) in [5.74, 6) is -0.684. The Morgan fingerprint density at radius 1 is 1.38 bits per heavy atom. The summed E-state index contributed by atoms with van der Waals surface area (Å²) in [5.41, 5.74) is 2.20. The van der Waals surface area contributed by atoms with Crippen molar-refractivity contribution in [2.75, 3.05) is 12.9 Å². The Kier molecular flexibility index (Phi) is 4.68. The van der Waals surface area contributed by atoms with Crippen molar-refractivity contribution in [1.82, 2.24) is 19.5 Å². The van der Waals surface area contributed by atoms with Gasteiger partial charge in [0.1, 0.15) is 30.7 Å². The highest BCUT2D eigenvalue weighted by atomic mass is 35.5. The Morgan fingerprint density at radius 3 is 2.96 bits per heavy atom. The Hall–Kier alpha value is -1.26. The first-order valence-corrected chi connectivity index (χ1v) is 10.0. The fourth-order valence-corrected chi connectivity index (χ4v) is 3.76. The minimum Gasteiger partial charge on any atom is -0.474 e. The lowest BCUT2D eigenvalue weighted by Crippen LogP contribution is -2.28. The number of thioether (sulfide) groups is 1. The molecule has 10 heteroatoms. The first-order valence-electron chi connectivity index (χ1n) is 7.99. The number of hydrogen-bond donors (Lipinski definition) is 0. The number of nitrogens with zero attached hydrogens (tertiary/aromatic N) is 4. The van der Waals surface area contributed by atoms with Crippen molar-refractivity contribution >= 4 is 51.1 Å². The molecule has 1 aliphatic carbocycles. The van der Waals surface area contributed by atoms with Crippen molar-refractivity contribution in [1.29, 1.82) is 0 Å². The van der Waals surface area contributed by atoms with E-state index in [9.17, 15) is 0 Å². The maximum atomic E-state index is 6.16. The molecular formula is C16H17ClN4O3S2. The van der Waals surface area contributed by atoms with Crippen LogP contribution in [0.3, 0.4) is 0 Å². The number of ether oxygens (including phenoxy) is 3. The summed E-state index contributed by atoms with van der Waals surface area (Å²) in [6.45, 7) is 4.16. The molecule has 0 spiro atoms. The number of thiocarbonyl (C=S) groups is 1. The Bertz CT molecular complexity index is 901. The molecule has 1 fully saturated rings. The number of halogens is 1. The van der Waals surface area contributed by atoms with E-state index in [0.717, 1.165) is 5.57 Å². The minimum absolute atomic E-state index is 0.140. The van der Waals surface area contributed by atoms with Crippen LogP contribution in [-0.4, -0.2) is 54.8 Å². The van der Waals surface area contributed by atoms with Gasteiger partial charge < -0.3 is 18.8 Å². The maximum Gasteiger partial charge on any atom is 0.220 e. The highest BCUT2D eigenvalue weighted by molar-refractivity contribution is 8.22. The maximum absolute atomic E-state index is 6.16. The molecule has 4 rings (SSSR count). The van der Waals surface area contributed by atoms with E-state index in [-0.39, 0.29) is 18.2 Å². The van der Waals surface area contributed by atoms with E-state index >= 15 is 0 Å².